The number of dihydropyridines is 1. The highest BCUT2D eigenvalue weighted by molar-refractivity contribution is 6.09. The van der Waals surface area contributed by atoms with Crippen molar-refractivity contribution in [3.63, 3.8) is 0 Å². The molecule has 2 aliphatic rings. The van der Waals surface area contributed by atoms with Gasteiger partial charge < -0.3 is 4.57 Å². The first-order valence-corrected chi connectivity index (χ1v) is 11.4. The zero-order chi connectivity index (χ0) is 21.1. The van der Waals surface area contributed by atoms with Gasteiger partial charge in [-0.2, -0.15) is 0 Å². The molecule has 3 aromatic carbocycles. The van der Waals surface area contributed by atoms with Gasteiger partial charge in [-0.1, -0.05) is 66.7 Å². The third kappa shape index (κ3) is 2.45. The average molecular weight is 414 g/mol. The van der Waals surface area contributed by atoms with Crippen LogP contribution in [0.4, 0.5) is 0 Å². The number of aromatic nitrogens is 2. The van der Waals surface area contributed by atoms with E-state index in [1.54, 1.807) is 0 Å². The second-order valence-electron chi connectivity index (χ2n) is 8.67. The first-order valence-electron chi connectivity index (χ1n) is 11.4. The summed E-state index contributed by atoms with van der Waals surface area (Å²) in [5, 5.41) is 3.93. The molecular weight excluding hydrogens is 390 g/mol. The smallest absolute Gasteiger partial charge is 0.134 e. The molecule has 3 heterocycles. The number of allylic oxidation sites excluding steroid dienone is 2. The van der Waals surface area contributed by atoms with Crippen LogP contribution in [0.3, 0.4) is 0 Å². The second kappa shape index (κ2) is 6.83. The molecule has 5 aromatic rings. The normalized spacial score (nSPS) is 17.9. The van der Waals surface area contributed by atoms with Crippen molar-refractivity contribution in [1.82, 2.24) is 9.13 Å². The van der Waals surface area contributed by atoms with Crippen LogP contribution < -0.4 is 0 Å². The van der Waals surface area contributed by atoms with Gasteiger partial charge in [0, 0.05) is 22.6 Å². The number of hydrogen-bond acceptors (Lipinski definition) is 1. The molecule has 0 amide bonds. The van der Waals surface area contributed by atoms with Crippen molar-refractivity contribution in [1.29, 1.82) is 0 Å². The highest BCUT2D eigenvalue weighted by Crippen LogP contribution is 2.36. The molecule has 2 aromatic heterocycles. The van der Waals surface area contributed by atoms with Crippen molar-refractivity contribution in [2.24, 2.45) is 4.99 Å². The number of rotatable bonds is 1. The number of benzene rings is 3. The predicted octanol–water partition coefficient (Wildman–Crippen LogP) is 7.11. The van der Waals surface area contributed by atoms with Crippen LogP contribution in [0, 0.1) is 0 Å². The van der Waals surface area contributed by atoms with Crippen molar-refractivity contribution in [3.8, 4) is 0 Å². The summed E-state index contributed by atoms with van der Waals surface area (Å²) >= 11 is 0. The topological polar surface area (TPSA) is 22.2 Å². The molecule has 0 N–H and O–H groups in total. The maximum Gasteiger partial charge on any atom is 0.134 e. The Bertz CT molecular complexity index is 1550. The van der Waals surface area contributed by atoms with Crippen molar-refractivity contribution in [2.75, 3.05) is 0 Å². The molecule has 154 valence electrons. The lowest BCUT2D eigenvalue weighted by Crippen LogP contribution is -2.18. The summed E-state index contributed by atoms with van der Waals surface area (Å²) in [6.45, 7) is 0. The molecule has 0 radical (unpaired) electrons. The third-order valence-corrected chi connectivity index (χ3v) is 6.90. The predicted molar refractivity (Wildman–Crippen MR) is 134 cm³/mol. The Morgan fingerprint density at radius 2 is 1.34 bits per heavy atom. The molecule has 0 saturated heterocycles. The maximum absolute atomic E-state index is 5.35. The van der Waals surface area contributed by atoms with Gasteiger partial charge >= 0.3 is 0 Å². The molecule has 3 nitrogen and oxygen atoms in total. The van der Waals surface area contributed by atoms with E-state index >= 15 is 0 Å². The SMILES string of the molecule is C1=Cc2c(c3ccccc3n2C2=NC(n3c4ccccc4c4ccccc43)CC=C2)CC1. The highest BCUT2D eigenvalue weighted by atomic mass is 15.2. The summed E-state index contributed by atoms with van der Waals surface area (Å²) in [5.41, 5.74) is 6.46. The molecular formula is C29H23N3. The van der Waals surface area contributed by atoms with Gasteiger partial charge in [0.15, 0.2) is 0 Å². The van der Waals surface area contributed by atoms with Gasteiger partial charge in [-0.15, -0.1) is 0 Å². The molecule has 1 atom stereocenters. The van der Waals surface area contributed by atoms with Gasteiger partial charge in [-0.05, 0) is 48.8 Å². The van der Waals surface area contributed by atoms with E-state index < -0.39 is 0 Å². The van der Waals surface area contributed by atoms with Crippen LogP contribution in [0.5, 0.6) is 0 Å². The van der Waals surface area contributed by atoms with Crippen LogP contribution in [0.2, 0.25) is 0 Å². The Morgan fingerprint density at radius 3 is 2.09 bits per heavy atom. The fourth-order valence-electron chi connectivity index (χ4n) is 5.55. The fraction of sp³-hybridized carbons (Fsp3) is 0.138. The van der Waals surface area contributed by atoms with Gasteiger partial charge in [-0.25, -0.2) is 4.99 Å². The van der Waals surface area contributed by atoms with Gasteiger partial charge in [0.2, 0.25) is 0 Å². The zero-order valence-corrected chi connectivity index (χ0v) is 17.8. The number of aliphatic imine (C=N–C) groups is 1. The number of fused-ring (bicyclic) bond motifs is 6. The molecule has 7 rings (SSSR count). The van der Waals surface area contributed by atoms with E-state index in [2.05, 4.69) is 106 Å². The summed E-state index contributed by atoms with van der Waals surface area (Å²) < 4.78 is 4.78. The summed E-state index contributed by atoms with van der Waals surface area (Å²) in [5.74, 6) is 1.02. The van der Waals surface area contributed by atoms with E-state index in [0.717, 1.165) is 25.1 Å². The lowest BCUT2D eigenvalue weighted by atomic mass is 10.0. The second-order valence-corrected chi connectivity index (χ2v) is 8.67. The summed E-state index contributed by atoms with van der Waals surface area (Å²) in [6.07, 6.45) is 12.2. The van der Waals surface area contributed by atoms with Crippen molar-refractivity contribution in [3.05, 3.63) is 102 Å². The van der Waals surface area contributed by atoms with Gasteiger partial charge in [0.25, 0.3) is 0 Å². The standard InChI is InChI=1S/C29H23N3/c1-5-14-24-20(10-1)21-11-2-6-15-25(21)31(24)28-18-9-19-29(30-28)32-26-16-7-3-12-22(26)23-13-4-8-17-27(23)32/h1-3,5-12,14-17,19,28H,4,13,18H2. The Morgan fingerprint density at radius 1 is 0.688 bits per heavy atom. The van der Waals surface area contributed by atoms with Crippen LogP contribution in [-0.4, -0.2) is 15.0 Å². The van der Waals surface area contributed by atoms with Crippen LogP contribution in [0.1, 0.15) is 30.3 Å². The first-order chi connectivity index (χ1) is 15.9. The van der Waals surface area contributed by atoms with Crippen LogP contribution in [0.25, 0.3) is 38.8 Å². The van der Waals surface area contributed by atoms with Crippen LogP contribution in [0.15, 0.2) is 96.0 Å². The minimum absolute atomic E-state index is 0.0317. The third-order valence-electron chi connectivity index (χ3n) is 6.90. The molecule has 0 saturated carbocycles. The molecule has 32 heavy (non-hydrogen) atoms. The van der Waals surface area contributed by atoms with E-state index in [9.17, 15) is 0 Å². The number of hydrogen-bond donors (Lipinski definition) is 0. The molecule has 1 aliphatic heterocycles. The first kappa shape index (κ1) is 17.8. The van der Waals surface area contributed by atoms with E-state index in [0.29, 0.717) is 0 Å². The van der Waals surface area contributed by atoms with Crippen molar-refractivity contribution >= 4 is 44.6 Å². The van der Waals surface area contributed by atoms with E-state index in [1.807, 2.05) is 0 Å². The summed E-state index contributed by atoms with van der Waals surface area (Å²) in [6, 6.07) is 26.1. The molecule has 3 heteroatoms. The number of para-hydroxylation sites is 3. The zero-order valence-electron chi connectivity index (χ0n) is 17.8. The Kier molecular flexibility index (Phi) is 3.80. The maximum atomic E-state index is 5.35. The van der Waals surface area contributed by atoms with Crippen LogP contribution in [-0.2, 0) is 6.42 Å². The van der Waals surface area contributed by atoms with E-state index in [4.69, 9.17) is 4.99 Å². The Balaban J connectivity index is 1.47. The molecule has 0 fully saturated rings. The highest BCUT2D eigenvalue weighted by Gasteiger charge is 2.23. The lowest BCUT2D eigenvalue weighted by molar-refractivity contribution is 0.557. The van der Waals surface area contributed by atoms with E-state index in [-0.39, 0.29) is 6.17 Å². The number of nitrogens with zero attached hydrogens (tertiary/aromatic N) is 3. The minimum Gasteiger partial charge on any atom is -0.317 e. The van der Waals surface area contributed by atoms with Crippen molar-refractivity contribution < 1.29 is 0 Å². The van der Waals surface area contributed by atoms with Gasteiger partial charge in [-0.3, -0.25) is 4.57 Å². The van der Waals surface area contributed by atoms with Crippen LogP contribution >= 0.6 is 0 Å². The van der Waals surface area contributed by atoms with E-state index in [1.165, 1.54) is 44.0 Å². The van der Waals surface area contributed by atoms with Gasteiger partial charge in [0.1, 0.15) is 12.0 Å². The quantitative estimate of drug-likeness (QED) is 0.279. The Hall–Kier alpha value is -3.85. The summed E-state index contributed by atoms with van der Waals surface area (Å²) in [4.78, 5) is 5.35. The average Bonchev–Trinajstić information content (AvgIpc) is 3.37. The summed E-state index contributed by atoms with van der Waals surface area (Å²) in [7, 11) is 0. The molecule has 1 aliphatic carbocycles. The molecule has 0 spiro atoms. The Labute approximate surface area is 186 Å². The van der Waals surface area contributed by atoms with Gasteiger partial charge in [0.05, 0.1) is 22.2 Å². The fourth-order valence-corrected chi connectivity index (χ4v) is 5.55. The molecule has 1 unspecified atom stereocenters. The molecule has 0 bridgehead atoms. The lowest BCUT2D eigenvalue weighted by Gasteiger charge is -2.22. The minimum atomic E-state index is 0.0317. The largest absolute Gasteiger partial charge is 0.317 e. The van der Waals surface area contributed by atoms with Crippen molar-refractivity contribution in [2.45, 2.75) is 25.4 Å². The monoisotopic (exact) mass is 413 g/mol. The number of aryl methyl sites for hydroxylation is 1.